The highest BCUT2D eigenvalue weighted by atomic mass is 16.5. The van der Waals surface area contributed by atoms with Crippen LogP contribution >= 0.6 is 0 Å². The third kappa shape index (κ3) is 6.08. The van der Waals surface area contributed by atoms with Gasteiger partial charge in [-0.15, -0.1) is 0 Å². The number of carbonyl (C=O) groups is 2. The summed E-state index contributed by atoms with van der Waals surface area (Å²) in [5.74, 6) is 0.885. The Balaban J connectivity index is 2.71. The van der Waals surface area contributed by atoms with Crippen LogP contribution in [-0.2, 0) is 14.3 Å². The van der Waals surface area contributed by atoms with E-state index in [0.717, 1.165) is 6.42 Å². The highest BCUT2D eigenvalue weighted by Crippen LogP contribution is 2.32. The quantitative estimate of drug-likeness (QED) is 0.656. The second kappa shape index (κ2) is 10.5. The molecule has 0 radical (unpaired) electrons. The second-order valence-corrected chi connectivity index (χ2v) is 5.15. The van der Waals surface area contributed by atoms with Gasteiger partial charge >= 0.3 is 0 Å². The van der Waals surface area contributed by atoms with Gasteiger partial charge in [0.25, 0.3) is 0 Å². The topological polar surface area (TPSA) is 77.1 Å². The first kappa shape index (κ1) is 19.8. The third-order valence-corrected chi connectivity index (χ3v) is 3.47. The van der Waals surface area contributed by atoms with E-state index in [0.29, 0.717) is 30.3 Å². The molecule has 0 heterocycles. The fourth-order valence-electron chi connectivity index (χ4n) is 2.20. The molecular formula is C17H26N2O5. The molecule has 0 saturated heterocycles. The van der Waals surface area contributed by atoms with Crippen molar-refractivity contribution < 1.29 is 23.8 Å². The van der Waals surface area contributed by atoms with Crippen molar-refractivity contribution in [2.45, 2.75) is 19.8 Å². The molecule has 0 fully saturated rings. The van der Waals surface area contributed by atoms with Crippen molar-refractivity contribution in [2.24, 2.45) is 0 Å². The molecule has 0 aromatic heterocycles. The number of hydrogen-bond donors (Lipinski definition) is 1. The molecule has 0 saturated carbocycles. The van der Waals surface area contributed by atoms with Gasteiger partial charge in [-0.05, 0) is 18.6 Å². The average molecular weight is 338 g/mol. The number of benzene rings is 1. The van der Waals surface area contributed by atoms with Crippen LogP contribution in [0.15, 0.2) is 18.2 Å². The summed E-state index contributed by atoms with van der Waals surface area (Å²) in [4.78, 5) is 25.4. The third-order valence-electron chi connectivity index (χ3n) is 3.47. The molecule has 0 aliphatic heterocycles. The van der Waals surface area contributed by atoms with E-state index in [1.54, 1.807) is 32.4 Å². The maximum absolute atomic E-state index is 12.0. The Labute approximate surface area is 142 Å². The van der Waals surface area contributed by atoms with E-state index in [2.05, 4.69) is 5.32 Å². The highest BCUT2D eigenvalue weighted by Gasteiger charge is 2.18. The summed E-state index contributed by atoms with van der Waals surface area (Å²) in [6.07, 6.45) is 0.965. The molecule has 0 spiro atoms. The number of nitrogens with zero attached hydrogens (tertiary/aromatic N) is 1. The van der Waals surface area contributed by atoms with Crippen molar-refractivity contribution in [2.75, 3.05) is 45.9 Å². The van der Waals surface area contributed by atoms with E-state index in [1.165, 1.54) is 18.9 Å². The molecule has 0 aliphatic carbocycles. The minimum atomic E-state index is -0.161. The lowest BCUT2D eigenvalue weighted by Crippen LogP contribution is -2.34. The van der Waals surface area contributed by atoms with Gasteiger partial charge in [-0.1, -0.05) is 0 Å². The number of carbonyl (C=O) groups excluding carboxylic acids is 2. The van der Waals surface area contributed by atoms with Crippen LogP contribution in [0.25, 0.3) is 0 Å². The van der Waals surface area contributed by atoms with Crippen molar-refractivity contribution in [3.05, 3.63) is 18.2 Å². The Hall–Kier alpha value is -2.28. The lowest BCUT2D eigenvalue weighted by atomic mass is 10.2. The van der Waals surface area contributed by atoms with E-state index in [4.69, 9.17) is 14.2 Å². The average Bonchev–Trinajstić information content (AvgIpc) is 2.58. The zero-order valence-electron chi connectivity index (χ0n) is 14.8. The van der Waals surface area contributed by atoms with Crippen LogP contribution in [0, 0.1) is 0 Å². The Kier molecular flexibility index (Phi) is 8.64. The van der Waals surface area contributed by atoms with E-state index in [9.17, 15) is 9.59 Å². The Bertz CT molecular complexity index is 548. The number of methoxy groups -OCH3 is 3. The molecule has 0 bridgehead atoms. The summed E-state index contributed by atoms with van der Waals surface area (Å²) >= 11 is 0. The van der Waals surface area contributed by atoms with Crippen molar-refractivity contribution in [3.8, 4) is 11.5 Å². The van der Waals surface area contributed by atoms with E-state index >= 15 is 0 Å². The Morgan fingerprint density at radius 2 is 1.92 bits per heavy atom. The van der Waals surface area contributed by atoms with Crippen LogP contribution in [0.4, 0.5) is 5.69 Å². The molecule has 1 aromatic rings. The molecule has 1 rings (SSSR count). The Morgan fingerprint density at radius 1 is 1.17 bits per heavy atom. The minimum absolute atomic E-state index is 0.107. The molecule has 0 unspecified atom stereocenters. The zero-order chi connectivity index (χ0) is 17.9. The van der Waals surface area contributed by atoms with Gasteiger partial charge in [0.05, 0.1) is 19.9 Å². The van der Waals surface area contributed by atoms with Gasteiger partial charge in [0.15, 0.2) is 0 Å². The van der Waals surface area contributed by atoms with Gasteiger partial charge in [-0.3, -0.25) is 9.59 Å². The summed E-state index contributed by atoms with van der Waals surface area (Å²) in [5, 5.41) is 2.80. The van der Waals surface area contributed by atoms with Crippen LogP contribution in [-0.4, -0.2) is 52.8 Å². The predicted octanol–water partition coefficient (Wildman–Crippen LogP) is 1.60. The number of anilines is 1. The molecule has 1 N–H and O–H groups in total. The maximum atomic E-state index is 12.0. The van der Waals surface area contributed by atoms with Gasteiger partial charge in [-0.25, -0.2) is 0 Å². The molecule has 2 amide bonds. The molecule has 1 aromatic carbocycles. The molecule has 0 aliphatic rings. The molecular weight excluding hydrogens is 312 g/mol. The van der Waals surface area contributed by atoms with Crippen molar-refractivity contribution >= 4 is 17.5 Å². The van der Waals surface area contributed by atoms with Crippen LogP contribution in [0.3, 0.4) is 0 Å². The van der Waals surface area contributed by atoms with Gasteiger partial charge in [0.1, 0.15) is 11.5 Å². The van der Waals surface area contributed by atoms with E-state index in [-0.39, 0.29) is 24.8 Å². The van der Waals surface area contributed by atoms with Gasteiger partial charge in [0, 0.05) is 46.2 Å². The Morgan fingerprint density at radius 3 is 2.50 bits per heavy atom. The lowest BCUT2D eigenvalue weighted by Gasteiger charge is -2.23. The first-order valence-corrected chi connectivity index (χ1v) is 7.79. The first-order chi connectivity index (χ1) is 11.5. The van der Waals surface area contributed by atoms with Crippen LogP contribution in [0.1, 0.15) is 19.8 Å². The fourth-order valence-corrected chi connectivity index (χ4v) is 2.20. The van der Waals surface area contributed by atoms with Crippen LogP contribution in [0.2, 0.25) is 0 Å². The maximum Gasteiger partial charge on any atom is 0.223 e. The number of nitrogens with one attached hydrogen (secondary N) is 1. The zero-order valence-corrected chi connectivity index (χ0v) is 14.8. The fraction of sp³-hybridized carbons (Fsp3) is 0.529. The molecule has 24 heavy (non-hydrogen) atoms. The summed E-state index contributed by atoms with van der Waals surface area (Å²) in [6.45, 7) is 2.88. The monoisotopic (exact) mass is 338 g/mol. The van der Waals surface area contributed by atoms with Crippen LogP contribution in [0.5, 0.6) is 11.5 Å². The van der Waals surface area contributed by atoms with Crippen molar-refractivity contribution in [1.82, 2.24) is 5.32 Å². The molecule has 7 heteroatoms. The van der Waals surface area contributed by atoms with Crippen molar-refractivity contribution in [1.29, 1.82) is 0 Å². The summed E-state index contributed by atoms with van der Waals surface area (Å²) in [7, 11) is 4.71. The standard InChI is InChI=1S/C17H26N2O5/c1-13(20)19(10-8-17(21)18-9-5-11-22-2)15-7-6-14(23-3)12-16(15)24-4/h6-7,12H,5,8-11H2,1-4H3,(H,18,21). The first-order valence-electron chi connectivity index (χ1n) is 7.79. The van der Waals surface area contributed by atoms with Crippen molar-refractivity contribution in [3.63, 3.8) is 0 Å². The summed E-state index contributed by atoms with van der Waals surface area (Å²) < 4.78 is 15.4. The molecule has 0 atom stereocenters. The van der Waals surface area contributed by atoms with Gasteiger partial charge in [-0.2, -0.15) is 0 Å². The largest absolute Gasteiger partial charge is 0.497 e. The molecule has 7 nitrogen and oxygen atoms in total. The number of hydrogen-bond acceptors (Lipinski definition) is 5. The lowest BCUT2D eigenvalue weighted by molar-refractivity contribution is -0.121. The highest BCUT2D eigenvalue weighted by molar-refractivity contribution is 5.94. The minimum Gasteiger partial charge on any atom is -0.497 e. The SMILES string of the molecule is COCCCNC(=O)CCN(C(C)=O)c1ccc(OC)cc1OC. The summed E-state index contributed by atoms with van der Waals surface area (Å²) in [6, 6.07) is 5.20. The summed E-state index contributed by atoms with van der Waals surface area (Å²) in [5.41, 5.74) is 0.609. The normalized spacial score (nSPS) is 10.2. The second-order valence-electron chi connectivity index (χ2n) is 5.15. The van der Waals surface area contributed by atoms with Crippen LogP contribution < -0.4 is 19.7 Å². The van der Waals surface area contributed by atoms with E-state index in [1.807, 2.05) is 0 Å². The molecule has 134 valence electrons. The smallest absolute Gasteiger partial charge is 0.223 e. The van der Waals surface area contributed by atoms with E-state index < -0.39 is 0 Å². The number of amides is 2. The predicted molar refractivity (Wildman–Crippen MR) is 91.7 cm³/mol. The number of rotatable bonds is 10. The van der Waals surface area contributed by atoms with Gasteiger partial charge < -0.3 is 24.4 Å². The number of ether oxygens (including phenoxy) is 3. The van der Waals surface area contributed by atoms with Gasteiger partial charge in [0.2, 0.25) is 11.8 Å².